The average molecular weight is 330 g/mol. The lowest BCUT2D eigenvalue weighted by molar-refractivity contribution is -0.137. The van der Waals surface area contributed by atoms with Crippen LogP contribution in [-0.4, -0.2) is 0 Å². The lowest BCUT2D eigenvalue weighted by atomic mass is 9.87. The lowest BCUT2D eigenvalue weighted by Crippen LogP contribution is -2.12. The predicted octanol–water partition coefficient (Wildman–Crippen LogP) is 6.07. The Morgan fingerprint density at radius 1 is 0.826 bits per heavy atom. The fourth-order valence-corrected chi connectivity index (χ4v) is 1.94. The summed E-state index contributed by atoms with van der Waals surface area (Å²) in [5.41, 5.74) is -1.01. The van der Waals surface area contributed by atoms with Crippen molar-refractivity contribution in [1.82, 2.24) is 0 Å². The van der Waals surface area contributed by atoms with Gasteiger partial charge >= 0.3 is 6.18 Å². The number of benzene rings is 2. The highest BCUT2D eigenvalue weighted by molar-refractivity contribution is 5.39. The Kier molecular flexibility index (Phi) is 4.37. The first-order valence-corrected chi connectivity index (χ1v) is 6.83. The summed E-state index contributed by atoms with van der Waals surface area (Å²) in [4.78, 5) is 0. The van der Waals surface area contributed by atoms with Gasteiger partial charge in [0.1, 0.15) is 5.75 Å². The summed E-state index contributed by atoms with van der Waals surface area (Å²) in [6, 6.07) is 6.08. The molecule has 0 aliphatic carbocycles. The molecule has 0 aliphatic rings. The van der Waals surface area contributed by atoms with Gasteiger partial charge in [0.15, 0.2) is 17.4 Å². The molecule has 2 aromatic carbocycles. The maximum atomic E-state index is 14.1. The third-order valence-corrected chi connectivity index (χ3v) is 3.25. The molecule has 23 heavy (non-hydrogen) atoms. The maximum absolute atomic E-state index is 14.1. The van der Waals surface area contributed by atoms with Gasteiger partial charge in [-0.1, -0.05) is 26.8 Å². The summed E-state index contributed by atoms with van der Waals surface area (Å²) < 4.78 is 71.1. The highest BCUT2D eigenvalue weighted by Gasteiger charge is 2.31. The van der Waals surface area contributed by atoms with Crippen LogP contribution in [0.15, 0.2) is 36.4 Å². The fourth-order valence-electron chi connectivity index (χ4n) is 1.94. The van der Waals surface area contributed by atoms with Gasteiger partial charge < -0.3 is 4.74 Å². The number of hydrogen-bond donors (Lipinski definition) is 0. The largest absolute Gasteiger partial charge is 0.451 e. The summed E-state index contributed by atoms with van der Waals surface area (Å²) in [6.07, 6.45) is -4.56. The zero-order valence-electron chi connectivity index (χ0n) is 12.8. The zero-order valence-corrected chi connectivity index (χ0v) is 12.8. The van der Waals surface area contributed by atoms with Crippen molar-refractivity contribution in [2.45, 2.75) is 32.4 Å². The second kappa shape index (κ2) is 5.83. The van der Waals surface area contributed by atoms with Crippen molar-refractivity contribution in [2.24, 2.45) is 0 Å². The van der Waals surface area contributed by atoms with Gasteiger partial charge in [0.05, 0.1) is 5.56 Å². The third kappa shape index (κ3) is 4.00. The van der Waals surface area contributed by atoms with E-state index in [-0.39, 0.29) is 5.75 Å². The van der Waals surface area contributed by atoms with E-state index in [1.807, 2.05) is 0 Å². The molecule has 1 nitrogen and oxygen atoms in total. The summed E-state index contributed by atoms with van der Waals surface area (Å²) in [5, 5.41) is 0. The second-order valence-corrected chi connectivity index (χ2v) is 6.15. The zero-order chi connectivity index (χ0) is 17.4. The van der Waals surface area contributed by atoms with E-state index in [1.54, 1.807) is 20.8 Å². The standard InChI is InChI=1S/C17H15F5O/c1-16(2,3)11-8-13(18)15(14(19)9-11)23-12-6-4-5-10(7-12)17(20,21)22/h4-9H,1-3H3. The van der Waals surface area contributed by atoms with Crippen molar-refractivity contribution < 1.29 is 26.7 Å². The number of halogens is 5. The van der Waals surface area contributed by atoms with Gasteiger partial charge in [-0.3, -0.25) is 0 Å². The van der Waals surface area contributed by atoms with Gasteiger partial charge in [-0.25, -0.2) is 8.78 Å². The Morgan fingerprint density at radius 3 is 1.87 bits per heavy atom. The third-order valence-electron chi connectivity index (χ3n) is 3.25. The Balaban J connectivity index is 2.38. The molecule has 0 saturated heterocycles. The van der Waals surface area contributed by atoms with E-state index in [2.05, 4.69) is 0 Å². The van der Waals surface area contributed by atoms with Crippen molar-refractivity contribution in [2.75, 3.05) is 0 Å². The molecule has 0 atom stereocenters. The molecule has 0 N–H and O–H groups in total. The Labute approximate surface area is 130 Å². The van der Waals surface area contributed by atoms with Crippen LogP contribution in [0.5, 0.6) is 11.5 Å². The highest BCUT2D eigenvalue weighted by atomic mass is 19.4. The quantitative estimate of drug-likeness (QED) is 0.607. The van der Waals surface area contributed by atoms with E-state index in [0.717, 1.165) is 24.3 Å². The molecule has 6 heteroatoms. The van der Waals surface area contributed by atoms with Crippen LogP contribution in [0, 0.1) is 11.6 Å². The molecule has 0 bridgehead atoms. The van der Waals surface area contributed by atoms with Crippen LogP contribution in [0.3, 0.4) is 0 Å². The smallest absolute Gasteiger partial charge is 0.416 e. The first-order chi connectivity index (χ1) is 10.5. The van der Waals surface area contributed by atoms with E-state index >= 15 is 0 Å². The minimum atomic E-state index is -4.56. The molecule has 124 valence electrons. The molecule has 0 aliphatic heterocycles. The molecule has 0 heterocycles. The van der Waals surface area contributed by atoms with Crippen LogP contribution in [-0.2, 0) is 11.6 Å². The van der Waals surface area contributed by atoms with Gasteiger partial charge in [0, 0.05) is 0 Å². The number of rotatable bonds is 2. The molecule has 0 radical (unpaired) electrons. The van der Waals surface area contributed by atoms with Crippen molar-refractivity contribution in [1.29, 1.82) is 0 Å². The van der Waals surface area contributed by atoms with Crippen LogP contribution in [0.25, 0.3) is 0 Å². The van der Waals surface area contributed by atoms with Gasteiger partial charge in [-0.15, -0.1) is 0 Å². The van der Waals surface area contributed by atoms with Gasteiger partial charge in [0.2, 0.25) is 0 Å². The van der Waals surface area contributed by atoms with Crippen LogP contribution in [0.4, 0.5) is 22.0 Å². The highest BCUT2D eigenvalue weighted by Crippen LogP contribution is 2.35. The number of ether oxygens (including phenoxy) is 1. The van der Waals surface area contributed by atoms with Crippen molar-refractivity contribution in [3.05, 3.63) is 59.2 Å². The topological polar surface area (TPSA) is 9.23 Å². The molecule has 0 aromatic heterocycles. The van der Waals surface area contributed by atoms with Crippen molar-refractivity contribution in [3.8, 4) is 11.5 Å². The Bertz CT molecular complexity index is 691. The lowest BCUT2D eigenvalue weighted by Gasteiger charge is -2.20. The van der Waals surface area contributed by atoms with E-state index in [4.69, 9.17) is 4.74 Å². The molecule has 0 saturated carbocycles. The monoisotopic (exact) mass is 330 g/mol. The first-order valence-electron chi connectivity index (χ1n) is 6.83. The molecule has 0 spiro atoms. The number of hydrogen-bond acceptors (Lipinski definition) is 1. The first kappa shape index (κ1) is 17.2. The normalized spacial score (nSPS) is 12.3. The molecule has 0 unspecified atom stereocenters. The SMILES string of the molecule is CC(C)(C)c1cc(F)c(Oc2cccc(C(F)(F)F)c2)c(F)c1. The summed E-state index contributed by atoms with van der Waals surface area (Å²) in [6.45, 7) is 5.36. The van der Waals surface area contributed by atoms with E-state index < -0.39 is 34.5 Å². The second-order valence-electron chi connectivity index (χ2n) is 6.15. The van der Waals surface area contributed by atoms with Gasteiger partial charge in [-0.2, -0.15) is 13.2 Å². The van der Waals surface area contributed by atoms with Crippen LogP contribution >= 0.6 is 0 Å². The maximum Gasteiger partial charge on any atom is 0.416 e. The van der Waals surface area contributed by atoms with Gasteiger partial charge in [-0.05, 0) is 41.3 Å². The van der Waals surface area contributed by atoms with Crippen LogP contribution < -0.4 is 4.74 Å². The summed E-state index contributed by atoms with van der Waals surface area (Å²) in [5.74, 6) is -2.95. The minimum absolute atomic E-state index is 0.291. The average Bonchev–Trinajstić information content (AvgIpc) is 2.41. The van der Waals surface area contributed by atoms with Crippen molar-refractivity contribution in [3.63, 3.8) is 0 Å². The van der Waals surface area contributed by atoms with Gasteiger partial charge in [0.25, 0.3) is 0 Å². The van der Waals surface area contributed by atoms with E-state index in [9.17, 15) is 22.0 Å². The Hall–Kier alpha value is -2.11. The molecular formula is C17H15F5O. The van der Waals surface area contributed by atoms with Crippen LogP contribution in [0.2, 0.25) is 0 Å². The molecular weight excluding hydrogens is 315 g/mol. The molecule has 2 rings (SSSR count). The summed E-state index contributed by atoms with van der Waals surface area (Å²) >= 11 is 0. The van der Waals surface area contributed by atoms with Crippen LogP contribution in [0.1, 0.15) is 31.9 Å². The minimum Gasteiger partial charge on any atom is -0.451 e. The molecule has 0 amide bonds. The molecule has 0 fully saturated rings. The predicted molar refractivity (Wildman–Crippen MR) is 76.6 cm³/mol. The fraction of sp³-hybridized carbons (Fsp3) is 0.294. The van der Waals surface area contributed by atoms with E-state index in [1.165, 1.54) is 6.07 Å². The van der Waals surface area contributed by atoms with E-state index in [0.29, 0.717) is 11.6 Å². The number of alkyl halides is 3. The van der Waals surface area contributed by atoms with Crippen molar-refractivity contribution >= 4 is 0 Å². The Morgan fingerprint density at radius 2 is 1.39 bits per heavy atom. The summed E-state index contributed by atoms with van der Waals surface area (Å²) in [7, 11) is 0. The molecule has 2 aromatic rings.